The zero-order chi connectivity index (χ0) is 20.2. The summed E-state index contributed by atoms with van der Waals surface area (Å²) in [5, 5.41) is 10.2. The number of rotatable bonds is 5. The Morgan fingerprint density at radius 2 is 1.59 bits per heavy atom. The van der Waals surface area contributed by atoms with Crippen molar-refractivity contribution >= 4 is 46.1 Å². The molecule has 4 rings (SSSR count). The Hall–Kier alpha value is -3.49. The Kier molecular flexibility index (Phi) is 5.37. The van der Waals surface area contributed by atoms with Gasteiger partial charge in [0.2, 0.25) is 0 Å². The van der Waals surface area contributed by atoms with Crippen molar-refractivity contribution in [1.82, 2.24) is 14.8 Å². The van der Waals surface area contributed by atoms with Crippen molar-refractivity contribution in [3.05, 3.63) is 88.1 Å². The van der Waals surface area contributed by atoms with Gasteiger partial charge in [0.25, 0.3) is 11.8 Å². The third-order valence-corrected chi connectivity index (χ3v) is 5.26. The quantitative estimate of drug-likeness (QED) is 0.495. The lowest BCUT2D eigenvalue weighted by Crippen LogP contribution is -2.11. The molecule has 0 radical (unpaired) electrons. The Morgan fingerprint density at radius 1 is 0.897 bits per heavy atom. The summed E-state index contributed by atoms with van der Waals surface area (Å²) in [6.45, 7) is 0. The first-order valence-corrected chi connectivity index (χ1v) is 9.71. The topological polar surface area (TPSA) is 88.9 Å². The highest BCUT2D eigenvalue weighted by Gasteiger charge is 2.14. The van der Waals surface area contributed by atoms with E-state index in [0.29, 0.717) is 26.2 Å². The number of nitrogens with one attached hydrogen (secondary N) is 2. The van der Waals surface area contributed by atoms with Crippen LogP contribution in [0.15, 0.2) is 73.3 Å². The van der Waals surface area contributed by atoms with Crippen LogP contribution in [0.3, 0.4) is 0 Å². The number of benzene rings is 2. The molecule has 4 aromatic rings. The van der Waals surface area contributed by atoms with Crippen LogP contribution < -0.4 is 10.6 Å². The van der Waals surface area contributed by atoms with Crippen molar-refractivity contribution in [1.29, 1.82) is 0 Å². The molecule has 0 aliphatic heterocycles. The van der Waals surface area contributed by atoms with Gasteiger partial charge in [0.05, 0.1) is 15.4 Å². The number of anilines is 2. The first kappa shape index (κ1) is 18.9. The standard InChI is InChI=1S/C20H14ClN5O2S/c21-13-2-1-3-15(10-13)25-20(28)18-9-8-17(29-18)19(27)24-14-4-6-16(7-5-14)26-12-22-11-23-26/h1-12H,(H,24,27)(H,25,28). The van der Waals surface area contributed by atoms with Crippen molar-refractivity contribution < 1.29 is 9.59 Å². The molecule has 9 heteroatoms. The number of hydrogen-bond acceptors (Lipinski definition) is 5. The molecule has 7 nitrogen and oxygen atoms in total. The van der Waals surface area contributed by atoms with Crippen molar-refractivity contribution in [2.75, 3.05) is 10.6 Å². The fourth-order valence-electron chi connectivity index (χ4n) is 2.57. The predicted molar refractivity (Wildman–Crippen MR) is 113 cm³/mol. The monoisotopic (exact) mass is 423 g/mol. The fourth-order valence-corrected chi connectivity index (χ4v) is 3.56. The zero-order valence-electron chi connectivity index (χ0n) is 14.9. The molecule has 2 aromatic carbocycles. The Morgan fingerprint density at radius 3 is 2.21 bits per heavy atom. The summed E-state index contributed by atoms with van der Waals surface area (Å²) in [6.07, 6.45) is 3.04. The first-order valence-electron chi connectivity index (χ1n) is 8.52. The van der Waals surface area contributed by atoms with Crippen LogP contribution >= 0.6 is 22.9 Å². The maximum Gasteiger partial charge on any atom is 0.265 e. The van der Waals surface area contributed by atoms with Gasteiger partial charge in [-0.3, -0.25) is 9.59 Å². The van der Waals surface area contributed by atoms with Crippen LogP contribution in [0.2, 0.25) is 5.02 Å². The minimum Gasteiger partial charge on any atom is -0.321 e. The van der Waals surface area contributed by atoms with Gasteiger partial charge in [-0.25, -0.2) is 9.67 Å². The van der Waals surface area contributed by atoms with Crippen molar-refractivity contribution in [3.8, 4) is 5.69 Å². The van der Waals surface area contributed by atoms with Gasteiger partial charge in [-0.2, -0.15) is 5.10 Å². The summed E-state index contributed by atoms with van der Waals surface area (Å²) in [4.78, 5) is 29.6. The Labute approximate surface area is 175 Å². The molecule has 2 N–H and O–H groups in total. The second-order valence-corrected chi connectivity index (χ2v) is 7.49. The smallest absolute Gasteiger partial charge is 0.265 e. The van der Waals surface area contributed by atoms with Crippen LogP contribution in [-0.4, -0.2) is 26.6 Å². The van der Waals surface area contributed by atoms with E-state index in [9.17, 15) is 9.59 Å². The summed E-state index contributed by atoms with van der Waals surface area (Å²) in [5.74, 6) is -0.584. The highest BCUT2D eigenvalue weighted by Crippen LogP contribution is 2.21. The SMILES string of the molecule is O=C(Nc1ccc(-n2cncn2)cc1)c1ccc(C(=O)Nc2cccc(Cl)c2)s1. The third kappa shape index (κ3) is 4.50. The molecule has 0 saturated heterocycles. The molecule has 0 spiro atoms. The molecule has 0 bridgehead atoms. The van der Waals surface area contributed by atoms with Gasteiger partial charge < -0.3 is 10.6 Å². The molecule has 0 aliphatic rings. The van der Waals surface area contributed by atoms with E-state index in [4.69, 9.17) is 11.6 Å². The van der Waals surface area contributed by atoms with Gasteiger partial charge in [0.1, 0.15) is 12.7 Å². The third-order valence-electron chi connectivity index (χ3n) is 3.94. The zero-order valence-corrected chi connectivity index (χ0v) is 16.4. The highest BCUT2D eigenvalue weighted by atomic mass is 35.5. The molecular weight excluding hydrogens is 410 g/mol. The molecule has 2 aromatic heterocycles. The molecular formula is C20H14ClN5O2S. The number of thiophene rings is 1. The van der Waals surface area contributed by atoms with E-state index in [0.717, 1.165) is 17.0 Å². The lowest BCUT2D eigenvalue weighted by Gasteiger charge is -2.05. The summed E-state index contributed by atoms with van der Waals surface area (Å²) >= 11 is 7.04. The minimum atomic E-state index is -0.298. The molecule has 2 amide bonds. The van der Waals surface area contributed by atoms with Crippen molar-refractivity contribution in [2.45, 2.75) is 0 Å². The largest absolute Gasteiger partial charge is 0.321 e. The maximum atomic E-state index is 12.5. The van der Waals surface area contributed by atoms with E-state index in [2.05, 4.69) is 20.7 Å². The minimum absolute atomic E-state index is 0.287. The number of carbonyl (C=O) groups is 2. The van der Waals surface area contributed by atoms with Gasteiger partial charge in [0.15, 0.2) is 0 Å². The van der Waals surface area contributed by atoms with E-state index in [1.165, 1.54) is 6.33 Å². The summed E-state index contributed by atoms with van der Waals surface area (Å²) in [6, 6.07) is 17.3. The van der Waals surface area contributed by atoms with Gasteiger partial charge in [-0.1, -0.05) is 17.7 Å². The number of amides is 2. The van der Waals surface area contributed by atoms with Gasteiger partial charge in [0, 0.05) is 16.4 Å². The molecule has 0 fully saturated rings. The number of hydrogen-bond donors (Lipinski definition) is 2. The Balaban J connectivity index is 1.41. The van der Waals surface area contributed by atoms with E-state index < -0.39 is 0 Å². The van der Waals surface area contributed by atoms with Crippen LogP contribution in [0.1, 0.15) is 19.3 Å². The summed E-state index contributed by atoms with van der Waals surface area (Å²) in [7, 11) is 0. The fraction of sp³-hybridized carbons (Fsp3) is 0. The number of halogens is 1. The van der Waals surface area contributed by atoms with E-state index in [-0.39, 0.29) is 11.8 Å². The molecule has 0 atom stereocenters. The second kappa shape index (κ2) is 8.26. The van der Waals surface area contributed by atoms with Crippen LogP contribution in [0.4, 0.5) is 11.4 Å². The molecule has 0 aliphatic carbocycles. The average Bonchev–Trinajstić information content (AvgIpc) is 3.41. The second-order valence-electron chi connectivity index (χ2n) is 5.97. The van der Waals surface area contributed by atoms with E-state index in [1.807, 2.05) is 12.1 Å². The average molecular weight is 424 g/mol. The Bertz CT molecular complexity index is 1160. The van der Waals surface area contributed by atoms with Crippen molar-refractivity contribution in [3.63, 3.8) is 0 Å². The maximum absolute atomic E-state index is 12.5. The number of nitrogens with zero attached hydrogens (tertiary/aromatic N) is 3. The van der Waals surface area contributed by atoms with Gasteiger partial charge >= 0.3 is 0 Å². The predicted octanol–water partition coefficient (Wildman–Crippen LogP) is 4.49. The summed E-state index contributed by atoms with van der Waals surface area (Å²) in [5.41, 5.74) is 2.06. The van der Waals surface area contributed by atoms with Crippen LogP contribution in [0.25, 0.3) is 5.69 Å². The van der Waals surface area contributed by atoms with Crippen LogP contribution in [-0.2, 0) is 0 Å². The lowest BCUT2D eigenvalue weighted by molar-refractivity contribution is 0.102. The molecule has 29 heavy (non-hydrogen) atoms. The van der Waals surface area contributed by atoms with Crippen molar-refractivity contribution in [2.24, 2.45) is 0 Å². The summed E-state index contributed by atoms with van der Waals surface area (Å²) < 4.78 is 1.62. The van der Waals surface area contributed by atoms with Crippen LogP contribution in [0.5, 0.6) is 0 Å². The van der Waals surface area contributed by atoms with Gasteiger partial charge in [-0.15, -0.1) is 11.3 Å². The normalized spacial score (nSPS) is 10.5. The number of aromatic nitrogens is 3. The van der Waals surface area contributed by atoms with Gasteiger partial charge in [-0.05, 0) is 54.6 Å². The van der Waals surface area contributed by atoms with E-state index in [1.54, 1.807) is 59.5 Å². The van der Waals surface area contributed by atoms with Crippen LogP contribution in [0, 0.1) is 0 Å². The van der Waals surface area contributed by atoms with E-state index >= 15 is 0 Å². The molecule has 0 saturated carbocycles. The first-order chi connectivity index (χ1) is 14.1. The number of carbonyl (C=O) groups excluding carboxylic acids is 2. The molecule has 0 unspecified atom stereocenters. The molecule has 144 valence electrons. The lowest BCUT2D eigenvalue weighted by atomic mass is 10.2. The highest BCUT2D eigenvalue weighted by molar-refractivity contribution is 7.16. The molecule has 2 heterocycles.